The molecule has 18 heavy (non-hydrogen) atoms. The normalized spacial score (nSPS) is 10.8. The number of methoxy groups -OCH3 is 1. The van der Waals surface area contributed by atoms with Crippen molar-refractivity contribution in [2.45, 2.75) is 6.92 Å². The Morgan fingerprint density at radius 3 is 2.67 bits per heavy atom. The van der Waals surface area contributed by atoms with Crippen LogP contribution in [0.5, 0.6) is 11.5 Å². The van der Waals surface area contributed by atoms with Crippen molar-refractivity contribution in [2.24, 2.45) is 4.99 Å². The molecular weight excluding hydrogens is 226 g/mol. The van der Waals surface area contributed by atoms with Crippen molar-refractivity contribution >= 4 is 11.9 Å². The highest BCUT2D eigenvalue weighted by Gasteiger charge is 2.01. The van der Waals surface area contributed by atoms with E-state index in [0.29, 0.717) is 5.75 Å². The highest BCUT2D eigenvalue weighted by molar-refractivity contribution is 5.83. The third-order valence-electron chi connectivity index (χ3n) is 2.67. The molecule has 2 aromatic carbocycles. The highest BCUT2D eigenvalue weighted by atomic mass is 16.5. The average molecular weight is 241 g/mol. The first-order valence-corrected chi connectivity index (χ1v) is 5.67. The van der Waals surface area contributed by atoms with Gasteiger partial charge in [-0.3, -0.25) is 4.99 Å². The van der Waals surface area contributed by atoms with Gasteiger partial charge < -0.3 is 9.84 Å². The molecule has 0 aliphatic carbocycles. The van der Waals surface area contributed by atoms with E-state index in [2.05, 4.69) is 4.99 Å². The summed E-state index contributed by atoms with van der Waals surface area (Å²) in [5.41, 5.74) is 2.94. The molecule has 0 saturated carbocycles. The molecule has 3 heteroatoms. The maximum atomic E-state index is 9.49. The van der Waals surface area contributed by atoms with Gasteiger partial charge in [0.2, 0.25) is 0 Å². The molecule has 0 fully saturated rings. The molecule has 92 valence electrons. The number of phenolic OH excluding ortho intramolecular Hbond substituents is 1. The van der Waals surface area contributed by atoms with E-state index >= 15 is 0 Å². The van der Waals surface area contributed by atoms with Crippen LogP contribution in [0.2, 0.25) is 0 Å². The topological polar surface area (TPSA) is 41.8 Å². The molecule has 0 unspecified atom stereocenters. The van der Waals surface area contributed by atoms with Crippen LogP contribution in [0, 0.1) is 6.92 Å². The Labute approximate surface area is 106 Å². The summed E-state index contributed by atoms with van der Waals surface area (Å²) in [7, 11) is 1.53. The Bertz CT molecular complexity index is 576. The summed E-state index contributed by atoms with van der Waals surface area (Å²) in [5, 5.41) is 9.49. The first-order valence-electron chi connectivity index (χ1n) is 5.67. The molecule has 3 nitrogen and oxygen atoms in total. The molecule has 0 aromatic heterocycles. The number of benzene rings is 2. The lowest BCUT2D eigenvalue weighted by atomic mass is 10.2. The van der Waals surface area contributed by atoms with Gasteiger partial charge in [0.25, 0.3) is 0 Å². The molecule has 0 atom stereocenters. The van der Waals surface area contributed by atoms with E-state index in [1.54, 1.807) is 24.4 Å². The first-order chi connectivity index (χ1) is 8.70. The van der Waals surface area contributed by atoms with Gasteiger partial charge in [0.15, 0.2) is 11.5 Å². The van der Waals surface area contributed by atoms with Gasteiger partial charge in [-0.2, -0.15) is 0 Å². The molecule has 1 N–H and O–H groups in total. The number of aryl methyl sites for hydroxylation is 1. The molecule has 0 amide bonds. The van der Waals surface area contributed by atoms with Crippen molar-refractivity contribution in [3.8, 4) is 11.5 Å². The van der Waals surface area contributed by atoms with Gasteiger partial charge in [-0.25, -0.2) is 0 Å². The summed E-state index contributed by atoms with van der Waals surface area (Å²) in [6, 6.07) is 13.1. The fraction of sp³-hybridized carbons (Fsp3) is 0.133. The predicted molar refractivity (Wildman–Crippen MR) is 73.1 cm³/mol. The Hall–Kier alpha value is -2.29. The minimum atomic E-state index is 0.130. The number of aliphatic imine (C=N–C) groups is 1. The van der Waals surface area contributed by atoms with Crippen molar-refractivity contribution in [1.82, 2.24) is 0 Å². The molecule has 0 saturated heterocycles. The zero-order valence-electron chi connectivity index (χ0n) is 10.4. The molecule has 0 heterocycles. The number of hydrogen-bond acceptors (Lipinski definition) is 3. The second kappa shape index (κ2) is 5.36. The summed E-state index contributed by atoms with van der Waals surface area (Å²) >= 11 is 0. The molecule has 0 spiro atoms. The summed E-state index contributed by atoms with van der Waals surface area (Å²) in [4.78, 5) is 4.42. The quantitative estimate of drug-likeness (QED) is 0.836. The average Bonchev–Trinajstić information content (AvgIpc) is 2.39. The van der Waals surface area contributed by atoms with Crippen molar-refractivity contribution in [2.75, 3.05) is 7.11 Å². The van der Waals surface area contributed by atoms with Gasteiger partial charge in [-0.1, -0.05) is 18.2 Å². The largest absolute Gasteiger partial charge is 0.504 e. The lowest BCUT2D eigenvalue weighted by Crippen LogP contribution is -1.87. The van der Waals surface area contributed by atoms with Gasteiger partial charge in [0.05, 0.1) is 12.8 Å². The van der Waals surface area contributed by atoms with Crippen molar-refractivity contribution in [1.29, 1.82) is 0 Å². The monoisotopic (exact) mass is 241 g/mol. The molecule has 0 aliphatic rings. The van der Waals surface area contributed by atoms with Crippen LogP contribution in [0.4, 0.5) is 5.69 Å². The van der Waals surface area contributed by atoms with Gasteiger partial charge in [-0.05, 0) is 42.3 Å². The number of aromatic hydroxyl groups is 1. The Balaban J connectivity index is 2.27. The lowest BCUT2D eigenvalue weighted by Gasteiger charge is -2.03. The molecule has 0 bridgehead atoms. The van der Waals surface area contributed by atoms with E-state index < -0.39 is 0 Å². The van der Waals surface area contributed by atoms with E-state index in [4.69, 9.17) is 4.74 Å². The summed E-state index contributed by atoms with van der Waals surface area (Å²) in [6.07, 6.45) is 1.75. The Morgan fingerprint density at radius 1 is 1.17 bits per heavy atom. The van der Waals surface area contributed by atoms with Crippen molar-refractivity contribution in [3.63, 3.8) is 0 Å². The summed E-state index contributed by atoms with van der Waals surface area (Å²) in [6.45, 7) is 2.02. The van der Waals surface area contributed by atoms with E-state index in [0.717, 1.165) is 16.8 Å². The predicted octanol–water partition coefficient (Wildman–Crippen LogP) is 3.46. The zero-order chi connectivity index (χ0) is 13.0. The van der Waals surface area contributed by atoms with Crippen LogP contribution >= 0.6 is 0 Å². The number of ether oxygens (including phenoxy) is 1. The Morgan fingerprint density at radius 2 is 1.94 bits per heavy atom. The molecular formula is C15H15NO2. The number of nitrogens with zero attached hydrogens (tertiary/aromatic N) is 1. The lowest BCUT2D eigenvalue weighted by molar-refractivity contribution is 0.373. The smallest absolute Gasteiger partial charge is 0.161 e. The van der Waals surface area contributed by atoms with Crippen LogP contribution in [0.15, 0.2) is 47.5 Å². The number of rotatable bonds is 3. The van der Waals surface area contributed by atoms with Crippen molar-refractivity contribution in [3.05, 3.63) is 53.6 Å². The van der Waals surface area contributed by atoms with Crippen molar-refractivity contribution < 1.29 is 9.84 Å². The molecule has 2 rings (SSSR count). The van der Waals surface area contributed by atoms with Crippen LogP contribution in [0.25, 0.3) is 0 Å². The first kappa shape index (κ1) is 12.2. The zero-order valence-corrected chi connectivity index (χ0v) is 10.4. The second-order valence-electron chi connectivity index (χ2n) is 3.98. The highest BCUT2D eigenvalue weighted by Crippen LogP contribution is 2.26. The van der Waals surface area contributed by atoms with E-state index in [1.165, 1.54) is 7.11 Å². The number of phenols is 1. The van der Waals surface area contributed by atoms with Gasteiger partial charge in [0, 0.05) is 6.21 Å². The van der Waals surface area contributed by atoms with Gasteiger partial charge >= 0.3 is 0 Å². The second-order valence-corrected chi connectivity index (χ2v) is 3.98. The fourth-order valence-electron chi connectivity index (χ4n) is 1.63. The minimum Gasteiger partial charge on any atom is -0.504 e. The maximum Gasteiger partial charge on any atom is 0.161 e. The Kier molecular flexibility index (Phi) is 3.63. The summed E-state index contributed by atoms with van der Waals surface area (Å²) in [5.74, 6) is 0.578. The van der Waals surface area contributed by atoms with Crippen LogP contribution < -0.4 is 4.74 Å². The number of hydrogen-bond donors (Lipinski definition) is 1. The van der Waals surface area contributed by atoms with E-state index in [1.807, 2.05) is 31.2 Å². The van der Waals surface area contributed by atoms with Crippen LogP contribution in [-0.2, 0) is 0 Å². The molecule has 0 radical (unpaired) electrons. The maximum absolute atomic E-state index is 9.49. The van der Waals surface area contributed by atoms with Crippen LogP contribution in [0.1, 0.15) is 11.1 Å². The van der Waals surface area contributed by atoms with Crippen LogP contribution in [0.3, 0.4) is 0 Å². The third kappa shape index (κ3) is 2.69. The molecule has 2 aromatic rings. The third-order valence-corrected chi connectivity index (χ3v) is 2.67. The van der Waals surface area contributed by atoms with Gasteiger partial charge in [-0.15, -0.1) is 0 Å². The minimum absolute atomic E-state index is 0.130. The number of para-hydroxylation sites is 1. The SMILES string of the molecule is COc1cc(/C=N/c2ccccc2C)ccc1O. The van der Waals surface area contributed by atoms with E-state index in [-0.39, 0.29) is 5.75 Å². The standard InChI is InChI=1S/C15H15NO2/c1-11-5-3-4-6-13(11)16-10-12-7-8-14(17)15(9-12)18-2/h3-10,17H,1-2H3/b16-10+. The van der Waals surface area contributed by atoms with Gasteiger partial charge in [0.1, 0.15) is 0 Å². The summed E-state index contributed by atoms with van der Waals surface area (Å²) < 4.78 is 5.05. The fourth-order valence-corrected chi connectivity index (χ4v) is 1.63. The van der Waals surface area contributed by atoms with E-state index in [9.17, 15) is 5.11 Å². The van der Waals surface area contributed by atoms with Crippen LogP contribution in [-0.4, -0.2) is 18.4 Å². The molecule has 0 aliphatic heterocycles.